The first kappa shape index (κ1) is 13.5. The standard InChI is InChI=1S/C13H9BrFNO3/c14-8-3-4-10(15)9(6-8)13(18)19-7-12(17)11-2-1-5-16-11/h1-6,16H,7H2. The van der Waals surface area contributed by atoms with E-state index in [1.165, 1.54) is 12.1 Å². The molecule has 1 aromatic heterocycles. The number of rotatable bonds is 4. The van der Waals surface area contributed by atoms with E-state index in [-0.39, 0.29) is 11.3 Å². The highest BCUT2D eigenvalue weighted by Crippen LogP contribution is 2.16. The summed E-state index contributed by atoms with van der Waals surface area (Å²) in [5.41, 5.74) is 0.121. The van der Waals surface area contributed by atoms with Crippen LogP contribution in [0.4, 0.5) is 4.39 Å². The Morgan fingerprint density at radius 1 is 1.32 bits per heavy atom. The quantitative estimate of drug-likeness (QED) is 0.694. The van der Waals surface area contributed by atoms with Crippen LogP contribution < -0.4 is 0 Å². The van der Waals surface area contributed by atoms with E-state index in [4.69, 9.17) is 4.74 Å². The zero-order valence-electron chi connectivity index (χ0n) is 9.65. The van der Waals surface area contributed by atoms with Crippen LogP contribution in [0.25, 0.3) is 0 Å². The number of benzene rings is 1. The SMILES string of the molecule is O=C(COC(=O)c1cc(Br)ccc1F)c1ccc[nH]1. The van der Waals surface area contributed by atoms with Gasteiger partial charge in [0.05, 0.1) is 11.3 Å². The third-order valence-electron chi connectivity index (χ3n) is 2.38. The van der Waals surface area contributed by atoms with Gasteiger partial charge in [-0.2, -0.15) is 0 Å². The van der Waals surface area contributed by atoms with Crippen LogP contribution in [0.2, 0.25) is 0 Å². The van der Waals surface area contributed by atoms with Crippen LogP contribution >= 0.6 is 15.9 Å². The van der Waals surface area contributed by atoms with Gasteiger partial charge in [-0.3, -0.25) is 4.79 Å². The molecular weight excluding hydrogens is 317 g/mol. The number of Topliss-reactive ketones (excluding diaryl/α,β-unsaturated/α-hetero) is 1. The molecule has 19 heavy (non-hydrogen) atoms. The lowest BCUT2D eigenvalue weighted by Gasteiger charge is -2.05. The largest absolute Gasteiger partial charge is 0.454 e. The van der Waals surface area contributed by atoms with E-state index in [0.717, 1.165) is 6.07 Å². The van der Waals surface area contributed by atoms with Crippen molar-refractivity contribution in [3.05, 3.63) is 58.1 Å². The monoisotopic (exact) mass is 325 g/mol. The minimum atomic E-state index is -0.876. The van der Waals surface area contributed by atoms with Crippen molar-refractivity contribution in [1.29, 1.82) is 0 Å². The fourth-order valence-electron chi connectivity index (χ4n) is 1.44. The lowest BCUT2D eigenvalue weighted by atomic mass is 10.2. The number of hydrogen-bond donors (Lipinski definition) is 1. The minimum absolute atomic E-state index is 0.214. The lowest BCUT2D eigenvalue weighted by molar-refractivity contribution is 0.0469. The Hall–Kier alpha value is -1.95. The van der Waals surface area contributed by atoms with Gasteiger partial charge in [-0.1, -0.05) is 15.9 Å². The van der Waals surface area contributed by atoms with Gasteiger partial charge in [-0.25, -0.2) is 9.18 Å². The first-order valence-electron chi connectivity index (χ1n) is 5.36. The second-order valence-corrected chi connectivity index (χ2v) is 4.62. The first-order valence-corrected chi connectivity index (χ1v) is 6.16. The summed E-state index contributed by atoms with van der Waals surface area (Å²) in [6.45, 7) is -0.439. The second kappa shape index (κ2) is 5.79. The number of hydrogen-bond acceptors (Lipinski definition) is 3. The van der Waals surface area contributed by atoms with Gasteiger partial charge in [0.1, 0.15) is 5.82 Å². The Bertz CT molecular complexity index is 610. The first-order chi connectivity index (χ1) is 9.08. The number of ether oxygens (including phenoxy) is 1. The van der Waals surface area contributed by atoms with E-state index in [2.05, 4.69) is 20.9 Å². The number of carbonyl (C=O) groups is 2. The van der Waals surface area contributed by atoms with Crippen molar-refractivity contribution < 1.29 is 18.7 Å². The summed E-state index contributed by atoms with van der Waals surface area (Å²) in [5, 5.41) is 0. The normalized spacial score (nSPS) is 10.2. The van der Waals surface area contributed by atoms with Gasteiger partial charge >= 0.3 is 5.97 Å². The topological polar surface area (TPSA) is 59.2 Å². The van der Waals surface area contributed by atoms with Gasteiger partial charge in [0.15, 0.2) is 6.61 Å². The van der Waals surface area contributed by atoms with E-state index in [9.17, 15) is 14.0 Å². The van der Waals surface area contributed by atoms with Crippen molar-refractivity contribution in [2.75, 3.05) is 6.61 Å². The highest BCUT2D eigenvalue weighted by molar-refractivity contribution is 9.10. The molecule has 1 aromatic carbocycles. The van der Waals surface area contributed by atoms with Crippen LogP contribution in [0, 0.1) is 5.82 Å². The molecule has 2 rings (SSSR count). The number of carbonyl (C=O) groups excluding carboxylic acids is 2. The maximum atomic E-state index is 13.4. The maximum Gasteiger partial charge on any atom is 0.341 e. The molecular formula is C13H9BrFNO3. The summed E-state index contributed by atoms with van der Waals surface area (Å²) in [6.07, 6.45) is 1.59. The van der Waals surface area contributed by atoms with Crippen LogP contribution in [0.5, 0.6) is 0 Å². The van der Waals surface area contributed by atoms with Crippen molar-refractivity contribution in [3.8, 4) is 0 Å². The highest BCUT2D eigenvalue weighted by atomic mass is 79.9. The third kappa shape index (κ3) is 3.29. The van der Waals surface area contributed by atoms with Crippen LogP contribution in [-0.2, 0) is 4.74 Å². The van der Waals surface area contributed by atoms with Crippen molar-refractivity contribution in [3.63, 3.8) is 0 Å². The van der Waals surface area contributed by atoms with Crippen molar-refractivity contribution in [2.24, 2.45) is 0 Å². The molecule has 0 unspecified atom stereocenters. The summed E-state index contributed by atoms with van der Waals surface area (Å²) in [4.78, 5) is 25.9. The van der Waals surface area contributed by atoms with Crippen molar-refractivity contribution in [1.82, 2.24) is 4.98 Å². The van der Waals surface area contributed by atoms with Crippen LogP contribution in [0.1, 0.15) is 20.8 Å². The molecule has 0 aliphatic rings. The van der Waals surface area contributed by atoms with E-state index in [1.807, 2.05) is 0 Å². The summed E-state index contributed by atoms with van der Waals surface area (Å²) >= 11 is 3.13. The Kier molecular flexibility index (Phi) is 4.11. The van der Waals surface area contributed by atoms with E-state index in [1.54, 1.807) is 18.3 Å². The van der Waals surface area contributed by atoms with E-state index < -0.39 is 18.4 Å². The van der Waals surface area contributed by atoms with Gasteiger partial charge in [0, 0.05) is 10.7 Å². The molecule has 98 valence electrons. The molecule has 0 atom stereocenters. The van der Waals surface area contributed by atoms with Crippen molar-refractivity contribution in [2.45, 2.75) is 0 Å². The molecule has 2 aromatic rings. The number of nitrogens with one attached hydrogen (secondary N) is 1. The number of esters is 1. The average Bonchev–Trinajstić information content (AvgIpc) is 2.92. The molecule has 0 amide bonds. The Labute approximate surface area is 116 Å². The van der Waals surface area contributed by atoms with Crippen LogP contribution in [0.15, 0.2) is 41.0 Å². The Morgan fingerprint density at radius 2 is 2.11 bits per heavy atom. The molecule has 0 aliphatic carbocycles. The van der Waals surface area contributed by atoms with Gasteiger partial charge < -0.3 is 9.72 Å². The molecule has 1 heterocycles. The van der Waals surface area contributed by atoms with Gasteiger partial charge in [0.2, 0.25) is 5.78 Å². The molecule has 0 bridgehead atoms. The number of aromatic amines is 1. The molecule has 0 saturated heterocycles. The number of ketones is 1. The third-order valence-corrected chi connectivity index (χ3v) is 2.87. The summed E-state index contributed by atoms with van der Waals surface area (Å²) in [7, 11) is 0. The molecule has 0 fully saturated rings. The number of aromatic nitrogens is 1. The minimum Gasteiger partial charge on any atom is -0.454 e. The average molecular weight is 326 g/mol. The van der Waals surface area contributed by atoms with Gasteiger partial charge in [-0.05, 0) is 30.3 Å². The Balaban J connectivity index is 2.02. The fraction of sp³-hybridized carbons (Fsp3) is 0.0769. The predicted octanol–water partition coefficient (Wildman–Crippen LogP) is 2.96. The second-order valence-electron chi connectivity index (χ2n) is 3.71. The zero-order valence-corrected chi connectivity index (χ0v) is 11.2. The number of halogens is 2. The zero-order chi connectivity index (χ0) is 13.8. The van der Waals surface area contributed by atoms with Crippen LogP contribution in [-0.4, -0.2) is 23.3 Å². The summed E-state index contributed by atoms with van der Waals surface area (Å²) in [5.74, 6) is -1.95. The highest BCUT2D eigenvalue weighted by Gasteiger charge is 2.16. The molecule has 0 aliphatic heterocycles. The molecule has 6 heteroatoms. The summed E-state index contributed by atoms with van der Waals surface area (Å²) < 4.78 is 18.7. The molecule has 4 nitrogen and oxygen atoms in total. The maximum absolute atomic E-state index is 13.4. The Morgan fingerprint density at radius 3 is 2.79 bits per heavy atom. The molecule has 0 saturated carbocycles. The number of H-pyrrole nitrogens is 1. The van der Waals surface area contributed by atoms with Gasteiger partial charge in [-0.15, -0.1) is 0 Å². The molecule has 0 radical (unpaired) electrons. The fourth-order valence-corrected chi connectivity index (χ4v) is 1.81. The van der Waals surface area contributed by atoms with E-state index >= 15 is 0 Å². The molecule has 0 spiro atoms. The van der Waals surface area contributed by atoms with E-state index in [0.29, 0.717) is 10.2 Å². The van der Waals surface area contributed by atoms with Gasteiger partial charge in [0.25, 0.3) is 0 Å². The van der Waals surface area contributed by atoms with Crippen molar-refractivity contribution >= 4 is 27.7 Å². The summed E-state index contributed by atoms with van der Waals surface area (Å²) in [6, 6.07) is 7.14. The predicted molar refractivity (Wildman–Crippen MR) is 69.5 cm³/mol. The van der Waals surface area contributed by atoms with Crippen LogP contribution in [0.3, 0.4) is 0 Å². The molecule has 1 N–H and O–H groups in total. The smallest absolute Gasteiger partial charge is 0.341 e. The lowest BCUT2D eigenvalue weighted by Crippen LogP contribution is -2.15.